The lowest BCUT2D eigenvalue weighted by molar-refractivity contribution is 0.0600. The van der Waals surface area contributed by atoms with Crippen LogP contribution in [-0.4, -0.2) is 27.3 Å². The number of carbonyl (C=O) groups excluding carboxylic acids is 1. The van der Waals surface area contributed by atoms with Crippen LogP contribution in [0.5, 0.6) is 23.0 Å². The zero-order valence-electron chi connectivity index (χ0n) is 19.1. The smallest absolute Gasteiger partial charge is 0.519 e. The molecule has 6 nitrogen and oxygen atoms in total. The van der Waals surface area contributed by atoms with Crippen molar-refractivity contribution in [2.45, 2.75) is 9.79 Å². The van der Waals surface area contributed by atoms with Gasteiger partial charge in [0.25, 0.3) is 0 Å². The molecule has 0 amide bonds. The minimum Gasteiger partial charge on any atom is -0.519 e. The molecule has 0 spiro atoms. The highest BCUT2D eigenvalue weighted by atomic mass is 33.1. The van der Waals surface area contributed by atoms with Crippen molar-refractivity contribution in [3.63, 3.8) is 0 Å². The third-order valence-corrected chi connectivity index (χ3v) is 8.11. The molecule has 36 heavy (non-hydrogen) atoms. The van der Waals surface area contributed by atoms with Gasteiger partial charge in [-0.3, -0.25) is 0 Å². The van der Waals surface area contributed by atoms with Gasteiger partial charge in [-0.1, -0.05) is 58.0 Å². The molecule has 10 heteroatoms. The minimum atomic E-state index is -0.557. The normalized spacial score (nSPS) is 13.1. The molecular weight excluding hydrogens is 494 g/mol. The van der Waals surface area contributed by atoms with Crippen LogP contribution < -0.4 is 29.5 Å². The number of methoxy groups -OCH3 is 1. The predicted octanol–water partition coefficient (Wildman–Crippen LogP) is 4.61. The Labute approximate surface area is 216 Å². The summed E-state index contributed by atoms with van der Waals surface area (Å²) in [6.45, 7) is 0. The summed E-state index contributed by atoms with van der Waals surface area (Å²) >= 11 is 0. The van der Waals surface area contributed by atoms with E-state index < -0.39 is 20.2 Å². The Morgan fingerprint density at radius 3 is 1.61 bits per heavy atom. The molecule has 2 aliphatic heterocycles. The second-order valence-corrected chi connectivity index (χ2v) is 10.3. The monoisotopic (exact) mass is 512 g/mol. The first-order valence-corrected chi connectivity index (χ1v) is 13.3. The summed E-state index contributed by atoms with van der Waals surface area (Å²) in [4.78, 5) is 14.0. The fraction of sp³-hybridized carbons (Fsp3) is 0.0385. The van der Waals surface area contributed by atoms with Crippen molar-refractivity contribution in [3.05, 3.63) is 96.6 Å². The van der Waals surface area contributed by atoms with E-state index in [2.05, 4.69) is 12.1 Å². The maximum absolute atomic E-state index is 11.8. The van der Waals surface area contributed by atoms with Crippen molar-refractivity contribution >= 4 is 52.7 Å². The standard InChI is InChI=1S/C26H18B2O6S2/c1-30-26(29)17-6-15-24-25(16-17)34-28(33-24)19-9-13-21(14-10-19)36-35-20-11-7-18(8-12-20)27-31-22-4-2-3-5-23(22)32-27/h2-16H,1H3. The van der Waals surface area contributed by atoms with Crippen LogP contribution in [0.2, 0.25) is 0 Å². The number of para-hydroxylation sites is 2. The van der Waals surface area contributed by atoms with E-state index in [1.165, 1.54) is 7.11 Å². The summed E-state index contributed by atoms with van der Waals surface area (Å²) in [5.41, 5.74) is 2.29. The number of rotatable bonds is 6. The molecule has 2 aliphatic rings. The lowest BCUT2D eigenvalue weighted by atomic mass is 9.79. The van der Waals surface area contributed by atoms with Crippen LogP contribution in [0.15, 0.2) is 101 Å². The molecule has 0 aliphatic carbocycles. The number of fused-ring (bicyclic) bond motifs is 2. The van der Waals surface area contributed by atoms with E-state index in [4.69, 9.17) is 23.4 Å². The van der Waals surface area contributed by atoms with E-state index in [1.807, 2.05) is 60.7 Å². The summed E-state index contributed by atoms with van der Waals surface area (Å²) in [7, 11) is 3.72. The molecule has 4 aromatic carbocycles. The fourth-order valence-electron chi connectivity index (χ4n) is 3.83. The van der Waals surface area contributed by atoms with E-state index in [0.29, 0.717) is 17.1 Å². The lowest BCUT2D eigenvalue weighted by Gasteiger charge is -2.07. The molecule has 0 radical (unpaired) electrons. The third kappa shape index (κ3) is 4.62. The van der Waals surface area contributed by atoms with Gasteiger partial charge in [-0.15, -0.1) is 0 Å². The first-order valence-electron chi connectivity index (χ1n) is 11.2. The van der Waals surface area contributed by atoms with E-state index >= 15 is 0 Å². The Balaban J connectivity index is 1.04. The molecule has 0 fully saturated rings. The molecule has 0 aromatic heterocycles. The molecule has 0 saturated carbocycles. The summed E-state index contributed by atoms with van der Waals surface area (Å²) in [5, 5.41) is 0. The third-order valence-electron chi connectivity index (χ3n) is 5.69. The number of ether oxygens (including phenoxy) is 1. The van der Waals surface area contributed by atoms with Crippen LogP contribution >= 0.6 is 21.6 Å². The van der Waals surface area contributed by atoms with E-state index in [9.17, 15) is 4.79 Å². The van der Waals surface area contributed by atoms with Crippen molar-refractivity contribution in [1.29, 1.82) is 0 Å². The number of hydrogen-bond acceptors (Lipinski definition) is 8. The Morgan fingerprint density at radius 2 is 1.11 bits per heavy atom. The molecule has 0 N–H and O–H groups in total. The van der Waals surface area contributed by atoms with Crippen LogP contribution in [0.25, 0.3) is 0 Å². The second-order valence-electron chi connectivity index (χ2n) is 8.04. The Morgan fingerprint density at radius 1 is 0.639 bits per heavy atom. The van der Waals surface area contributed by atoms with Crippen LogP contribution in [0.1, 0.15) is 10.4 Å². The van der Waals surface area contributed by atoms with Crippen molar-refractivity contribution in [1.82, 2.24) is 0 Å². The van der Waals surface area contributed by atoms with Gasteiger partial charge in [0.1, 0.15) is 23.0 Å². The van der Waals surface area contributed by atoms with Crippen LogP contribution in [-0.2, 0) is 4.74 Å². The number of hydrogen-bond donors (Lipinski definition) is 0. The SMILES string of the molecule is COC(=O)c1ccc2c(c1)OB(c1ccc(SSc3ccc(B4Oc5ccccc5O4)cc3)cc1)O2. The van der Waals surface area contributed by atoms with Crippen LogP contribution in [0, 0.1) is 0 Å². The molecule has 0 saturated heterocycles. The quantitative estimate of drug-likeness (QED) is 0.211. The van der Waals surface area contributed by atoms with E-state index in [0.717, 1.165) is 32.2 Å². The molecule has 0 unspecified atom stereocenters. The summed E-state index contributed by atoms with van der Waals surface area (Å²) < 4.78 is 28.3. The molecule has 0 atom stereocenters. The first-order chi connectivity index (χ1) is 17.7. The Kier molecular flexibility index (Phi) is 6.21. The van der Waals surface area contributed by atoms with Gasteiger partial charge in [0.15, 0.2) is 0 Å². The van der Waals surface area contributed by atoms with Gasteiger partial charge in [0, 0.05) is 20.7 Å². The van der Waals surface area contributed by atoms with Gasteiger partial charge in [-0.05, 0) is 54.6 Å². The molecular formula is C26H18B2O6S2. The zero-order chi connectivity index (χ0) is 24.5. The predicted molar refractivity (Wildman–Crippen MR) is 142 cm³/mol. The van der Waals surface area contributed by atoms with Gasteiger partial charge in [-0.25, -0.2) is 4.79 Å². The highest BCUT2D eigenvalue weighted by molar-refractivity contribution is 8.76. The second kappa shape index (κ2) is 9.79. The number of carbonyl (C=O) groups is 1. The molecule has 0 bridgehead atoms. The minimum absolute atomic E-state index is 0.413. The average molecular weight is 512 g/mol. The zero-order valence-corrected chi connectivity index (χ0v) is 20.7. The Bertz CT molecular complexity index is 1390. The van der Waals surface area contributed by atoms with Gasteiger partial charge < -0.3 is 23.4 Å². The van der Waals surface area contributed by atoms with E-state index in [-0.39, 0.29) is 0 Å². The number of esters is 1. The Hall–Kier alpha value is -3.62. The van der Waals surface area contributed by atoms with Gasteiger partial charge in [-0.2, -0.15) is 0 Å². The van der Waals surface area contributed by atoms with Crippen molar-refractivity contribution in [2.24, 2.45) is 0 Å². The lowest BCUT2D eigenvalue weighted by Crippen LogP contribution is -2.38. The summed E-state index contributed by atoms with van der Waals surface area (Å²) in [5.74, 6) is 2.25. The van der Waals surface area contributed by atoms with E-state index in [1.54, 1.807) is 39.8 Å². The van der Waals surface area contributed by atoms with Crippen LogP contribution in [0.4, 0.5) is 0 Å². The molecule has 6 rings (SSSR count). The number of benzene rings is 4. The average Bonchev–Trinajstić information content (AvgIpc) is 3.56. The maximum atomic E-state index is 11.8. The highest BCUT2D eigenvalue weighted by Crippen LogP contribution is 2.38. The van der Waals surface area contributed by atoms with Crippen LogP contribution in [0.3, 0.4) is 0 Å². The highest BCUT2D eigenvalue weighted by Gasteiger charge is 2.35. The molecule has 2 heterocycles. The molecule has 176 valence electrons. The largest absolute Gasteiger partial charge is 0.632 e. The topological polar surface area (TPSA) is 63.2 Å². The van der Waals surface area contributed by atoms with Gasteiger partial charge >= 0.3 is 20.2 Å². The molecule has 4 aromatic rings. The summed E-state index contributed by atoms with van der Waals surface area (Å²) in [6.07, 6.45) is 0. The fourth-order valence-corrected chi connectivity index (χ4v) is 5.76. The van der Waals surface area contributed by atoms with Crippen molar-refractivity contribution in [3.8, 4) is 23.0 Å². The maximum Gasteiger partial charge on any atom is 0.632 e. The first kappa shape index (κ1) is 22.8. The van der Waals surface area contributed by atoms with Gasteiger partial charge in [0.2, 0.25) is 0 Å². The summed E-state index contributed by atoms with van der Waals surface area (Å²) in [6, 6.07) is 28.9. The van der Waals surface area contributed by atoms with Gasteiger partial charge in [0.05, 0.1) is 12.7 Å². The van der Waals surface area contributed by atoms with Crippen molar-refractivity contribution < 1.29 is 28.1 Å². The van der Waals surface area contributed by atoms with Crippen molar-refractivity contribution in [2.75, 3.05) is 7.11 Å².